The molecular formula is C18H17ClN2O4. The molecule has 1 aliphatic rings. The molecule has 1 aliphatic heterocycles. The lowest BCUT2D eigenvalue weighted by atomic mass is 10.1. The van der Waals surface area contributed by atoms with E-state index in [-0.39, 0.29) is 23.8 Å². The number of phenolic OH excluding ortho intramolecular Hbond substituents is 1. The number of hydrogen-bond acceptors (Lipinski definition) is 4. The zero-order chi connectivity index (χ0) is 18.0. The van der Waals surface area contributed by atoms with Gasteiger partial charge >= 0.3 is 0 Å². The van der Waals surface area contributed by atoms with Gasteiger partial charge in [-0.05, 0) is 30.3 Å². The van der Waals surface area contributed by atoms with Crippen LogP contribution in [0.1, 0.15) is 10.4 Å². The Hall–Kier alpha value is -2.73. The van der Waals surface area contributed by atoms with Gasteiger partial charge in [0.25, 0.3) is 5.91 Å². The third kappa shape index (κ3) is 3.53. The van der Waals surface area contributed by atoms with Crippen LogP contribution in [0, 0.1) is 0 Å². The molecule has 1 fully saturated rings. The van der Waals surface area contributed by atoms with Gasteiger partial charge in [0.1, 0.15) is 18.0 Å². The lowest BCUT2D eigenvalue weighted by Gasteiger charge is -2.34. The summed E-state index contributed by atoms with van der Waals surface area (Å²) < 4.78 is 5.18. The normalized spacial score (nSPS) is 14.6. The largest absolute Gasteiger partial charge is 0.507 e. The number of nitrogens with zero attached hydrogens (tertiary/aromatic N) is 2. The number of anilines is 1. The predicted octanol–water partition coefficient (Wildman–Crippen LogP) is 2.54. The number of amides is 2. The molecule has 0 radical (unpaired) electrons. The highest BCUT2D eigenvalue weighted by Gasteiger charge is 2.29. The minimum absolute atomic E-state index is 0.0574. The van der Waals surface area contributed by atoms with E-state index >= 15 is 0 Å². The molecule has 6 nitrogen and oxygen atoms in total. The Morgan fingerprint density at radius 3 is 2.68 bits per heavy atom. The third-order valence-electron chi connectivity index (χ3n) is 4.06. The van der Waals surface area contributed by atoms with Gasteiger partial charge in [0.2, 0.25) is 5.91 Å². The lowest BCUT2D eigenvalue weighted by Crippen LogP contribution is -2.52. The minimum Gasteiger partial charge on any atom is -0.507 e. The quantitative estimate of drug-likeness (QED) is 0.913. The van der Waals surface area contributed by atoms with Crippen LogP contribution in [-0.2, 0) is 4.79 Å². The molecule has 1 N–H and O–H groups in total. The Bertz CT molecular complexity index is 824. The smallest absolute Gasteiger partial charge is 0.258 e. The van der Waals surface area contributed by atoms with Gasteiger partial charge in [0.15, 0.2) is 0 Å². The van der Waals surface area contributed by atoms with Crippen molar-refractivity contribution in [2.75, 3.05) is 31.6 Å². The number of carbonyl (C=O) groups excluding carboxylic acids is 2. The van der Waals surface area contributed by atoms with Crippen LogP contribution in [0.4, 0.5) is 5.69 Å². The molecule has 2 amide bonds. The van der Waals surface area contributed by atoms with Crippen molar-refractivity contribution >= 4 is 29.1 Å². The fourth-order valence-corrected chi connectivity index (χ4v) is 2.92. The molecule has 0 bridgehead atoms. The number of hydrogen-bond donors (Lipinski definition) is 1. The number of aromatic hydroxyl groups is 1. The summed E-state index contributed by atoms with van der Waals surface area (Å²) >= 11 is 5.79. The first kappa shape index (κ1) is 17.1. The van der Waals surface area contributed by atoms with Crippen LogP contribution in [-0.4, -0.2) is 48.6 Å². The Morgan fingerprint density at radius 2 is 2.00 bits per heavy atom. The van der Waals surface area contributed by atoms with Crippen LogP contribution in [0.15, 0.2) is 42.5 Å². The van der Waals surface area contributed by atoms with E-state index in [0.717, 1.165) is 5.69 Å². The SMILES string of the molecule is COc1cccc(N2CCN(C(=O)c3ccc(Cl)cc3O)CC2=O)c1. The predicted molar refractivity (Wildman–Crippen MR) is 94.4 cm³/mol. The van der Waals surface area contributed by atoms with Crippen molar-refractivity contribution < 1.29 is 19.4 Å². The van der Waals surface area contributed by atoms with E-state index in [9.17, 15) is 14.7 Å². The van der Waals surface area contributed by atoms with E-state index in [0.29, 0.717) is 23.9 Å². The molecule has 130 valence electrons. The van der Waals surface area contributed by atoms with Crippen LogP contribution in [0.5, 0.6) is 11.5 Å². The van der Waals surface area contributed by atoms with Crippen LogP contribution < -0.4 is 9.64 Å². The molecule has 0 aliphatic carbocycles. The molecule has 7 heteroatoms. The Balaban J connectivity index is 1.75. The standard InChI is InChI=1S/C18H17ClN2O4/c1-25-14-4-2-3-13(10-14)21-8-7-20(11-17(21)23)18(24)15-6-5-12(19)9-16(15)22/h2-6,9-10,22H,7-8,11H2,1H3. The maximum Gasteiger partial charge on any atom is 0.258 e. The molecule has 2 aromatic carbocycles. The summed E-state index contributed by atoms with van der Waals surface area (Å²) in [7, 11) is 1.57. The van der Waals surface area contributed by atoms with Gasteiger partial charge in [-0.25, -0.2) is 0 Å². The zero-order valence-electron chi connectivity index (χ0n) is 13.6. The molecule has 1 heterocycles. The van der Waals surface area contributed by atoms with E-state index in [1.54, 1.807) is 24.1 Å². The van der Waals surface area contributed by atoms with E-state index < -0.39 is 5.91 Å². The second kappa shape index (κ2) is 7.03. The third-order valence-corrected chi connectivity index (χ3v) is 4.30. The van der Waals surface area contributed by atoms with Crippen molar-refractivity contribution in [1.82, 2.24) is 4.90 Å². The summed E-state index contributed by atoms with van der Waals surface area (Å²) in [4.78, 5) is 28.1. The molecule has 0 unspecified atom stereocenters. The molecule has 1 saturated heterocycles. The van der Waals surface area contributed by atoms with E-state index in [2.05, 4.69) is 0 Å². The van der Waals surface area contributed by atoms with E-state index in [1.807, 2.05) is 12.1 Å². The van der Waals surface area contributed by atoms with Crippen LogP contribution >= 0.6 is 11.6 Å². The van der Waals surface area contributed by atoms with Gasteiger partial charge in [-0.1, -0.05) is 17.7 Å². The summed E-state index contributed by atoms with van der Waals surface area (Å²) in [6.45, 7) is 0.675. The summed E-state index contributed by atoms with van der Waals surface area (Å²) in [5.41, 5.74) is 0.859. The zero-order valence-corrected chi connectivity index (χ0v) is 14.4. The summed E-state index contributed by atoms with van der Waals surface area (Å²) in [5.74, 6) is -0.121. The van der Waals surface area contributed by atoms with Crippen molar-refractivity contribution in [3.05, 3.63) is 53.1 Å². The number of phenols is 1. The second-order valence-corrected chi connectivity index (χ2v) is 6.07. The molecule has 3 rings (SSSR count). The van der Waals surface area contributed by atoms with Crippen molar-refractivity contribution in [3.63, 3.8) is 0 Å². The molecule has 0 aromatic heterocycles. The average Bonchev–Trinajstić information content (AvgIpc) is 2.61. The van der Waals surface area contributed by atoms with Crippen LogP contribution in [0.2, 0.25) is 5.02 Å². The monoisotopic (exact) mass is 360 g/mol. The molecule has 2 aromatic rings. The Labute approximate surface area is 150 Å². The summed E-state index contributed by atoms with van der Waals surface area (Å²) in [6.07, 6.45) is 0. The van der Waals surface area contributed by atoms with Crippen molar-refractivity contribution in [2.45, 2.75) is 0 Å². The number of halogens is 1. The van der Waals surface area contributed by atoms with Gasteiger partial charge in [-0.15, -0.1) is 0 Å². The molecule has 0 spiro atoms. The summed E-state index contributed by atoms with van der Waals surface area (Å²) in [6, 6.07) is 11.5. The van der Waals surface area contributed by atoms with E-state index in [4.69, 9.17) is 16.3 Å². The van der Waals surface area contributed by atoms with Gasteiger partial charge < -0.3 is 19.6 Å². The Kier molecular flexibility index (Phi) is 4.81. The maximum absolute atomic E-state index is 12.6. The first-order valence-corrected chi connectivity index (χ1v) is 8.09. The van der Waals surface area contributed by atoms with Gasteiger partial charge in [-0.3, -0.25) is 9.59 Å². The topological polar surface area (TPSA) is 70.1 Å². The highest BCUT2D eigenvalue weighted by molar-refractivity contribution is 6.30. The number of methoxy groups -OCH3 is 1. The number of rotatable bonds is 3. The number of piperazine rings is 1. The fraction of sp³-hybridized carbons (Fsp3) is 0.222. The summed E-state index contributed by atoms with van der Waals surface area (Å²) in [5, 5.41) is 10.2. The molecule has 0 atom stereocenters. The van der Waals surface area contributed by atoms with Crippen molar-refractivity contribution in [2.24, 2.45) is 0 Å². The highest BCUT2D eigenvalue weighted by atomic mass is 35.5. The second-order valence-electron chi connectivity index (χ2n) is 5.64. The van der Waals surface area contributed by atoms with Crippen molar-refractivity contribution in [1.29, 1.82) is 0 Å². The Morgan fingerprint density at radius 1 is 1.20 bits per heavy atom. The van der Waals surface area contributed by atoms with Crippen molar-refractivity contribution in [3.8, 4) is 11.5 Å². The minimum atomic E-state index is -0.396. The molecule has 25 heavy (non-hydrogen) atoms. The van der Waals surface area contributed by atoms with Gasteiger partial charge in [0.05, 0.1) is 12.7 Å². The van der Waals surface area contributed by atoms with Crippen LogP contribution in [0.3, 0.4) is 0 Å². The van der Waals surface area contributed by atoms with Crippen LogP contribution in [0.25, 0.3) is 0 Å². The molecule has 0 saturated carbocycles. The van der Waals surface area contributed by atoms with Gasteiger partial charge in [-0.2, -0.15) is 0 Å². The first-order chi connectivity index (χ1) is 12.0. The number of carbonyl (C=O) groups is 2. The number of ether oxygens (including phenoxy) is 1. The molecular weight excluding hydrogens is 344 g/mol. The highest BCUT2D eigenvalue weighted by Crippen LogP contribution is 2.26. The lowest BCUT2D eigenvalue weighted by molar-refractivity contribution is -0.120. The van der Waals surface area contributed by atoms with E-state index in [1.165, 1.54) is 23.1 Å². The van der Waals surface area contributed by atoms with Gasteiger partial charge in [0, 0.05) is 29.9 Å². The average molecular weight is 361 g/mol. The number of benzene rings is 2. The fourth-order valence-electron chi connectivity index (χ4n) is 2.75. The maximum atomic E-state index is 12.6. The first-order valence-electron chi connectivity index (χ1n) is 7.72.